The number of rotatable bonds is 3. The number of anilines is 1. The van der Waals surface area contributed by atoms with Crippen LogP contribution >= 0.6 is 15.9 Å². The molecule has 114 valence electrons. The van der Waals surface area contributed by atoms with Crippen molar-refractivity contribution >= 4 is 27.3 Å². The SMILES string of the molecule is CC1(C)C(Nc2ccc(Br)c([N+](=O)[O-])c2)[C@]2(C)CC[C@H]1C2. The maximum atomic E-state index is 11.1. The molecule has 2 bridgehead atoms. The summed E-state index contributed by atoms with van der Waals surface area (Å²) in [7, 11) is 0. The summed E-state index contributed by atoms with van der Waals surface area (Å²) in [5.74, 6) is 0.755. The summed E-state index contributed by atoms with van der Waals surface area (Å²) in [6.07, 6.45) is 3.82. The third kappa shape index (κ3) is 2.26. The van der Waals surface area contributed by atoms with Crippen LogP contribution in [-0.2, 0) is 0 Å². The first-order valence-electron chi connectivity index (χ1n) is 7.44. The molecule has 0 saturated heterocycles. The molecule has 3 rings (SSSR count). The minimum Gasteiger partial charge on any atom is -0.381 e. The molecule has 3 atom stereocenters. The maximum Gasteiger partial charge on any atom is 0.285 e. The van der Waals surface area contributed by atoms with Gasteiger partial charge in [0.25, 0.3) is 5.69 Å². The molecular formula is C16H21BrN2O2. The molecule has 1 aromatic rings. The standard InChI is InChI=1S/C16H21BrN2O2/c1-15(2)10-6-7-16(3,9-10)14(15)18-11-4-5-12(17)13(8-11)19(20)21/h4-5,8,10,14,18H,6-7,9H2,1-3H3/t10-,14?,16+/m0/s1. The fraction of sp³-hybridized carbons (Fsp3) is 0.625. The van der Waals surface area contributed by atoms with E-state index in [-0.39, 0.29) is 16.0 Å². The van der Waals surface area contributed by atoms with Crippen LogP contribution < -0.4 is 5.32 Å². The number of halogens is 1. The van der Waals surface area contributed by atoms with E-state index in [2.05, 4.69) is 42.0 Å². The Morgan fingerprint density at radius 1 is 1.38 bits per heavy atom. The molecule has 2 aliphatic rings. The topological polar surface area (TPSA) is 55.2 Å². The first kappa shape index (κ1) is 14.8. The van der Waals surface area contributed by atoms with Crippen LogP contribution in [0.25, 0.3) is 0 Å². The zero-order chi connectivity index (χ0) is 15.4. The molecule has 0 heterocycles. The summed E-state index contributed by atoms with van der Waals surface area (Å²) in [6.45, 7) is 7.01. The fourth-order valence-electron chi connectivity index (χ4n) is 4.57. The lowest BCUT2D eigenvalue weighted by molar-refractivity contribution is -0.385. The Morgan fingerprint density at radius 2 is 2.10 bits per heavy atom. The number of hydrogen-bond acceptors (Lipinski definition) is 3. The van der Waals surface area contributed by atoms with Crippen molar-refractivity contribution in [1.29, 1.82) is 0 Å². The van der Waals surface area contributed by atoms with Gasteiger partial charge in [0, 0.05) is 17.8 Å². The van der Waals surface area contributed by atoms with E-state index in [0.29, 0.717) is 15.9 Å². The third-order valence-electron chi connectivity index (χ3n) is 5.72. The molecule has 4 nitrogen and oxygen atoms in total. The second-order valence-corrected chi connectivity index (χ2v) is 8.27. The molecule has 0 aliphatic heterocycles. The Morgan fingerprint density at radius 3 is 2.67 bits per heavy atom. The Hall–Kier alpha value is -1.10. The van der Waals surface area contributed by atoms with Crippen LogP contribution in [0.5, 0.6) is 0 Å². The highest BCUT2D eigenvalue weighted by Gasteiger charge is 2.59. The molecule has 1 N–H and O–H groups in total. The quantitative estimate of drug-likeness (QED) is 0.616. The summed E-state index contributed by atoms with van der Waals surface area (Å²) >= 11 is 3.24. The second-order valence-electron chi connectivity index (χ2n) is 7.42. The molecular weight excluding hydrogens is 332 g/mol. The van der Waals surface area contributed by atoms with E-state index >= 15 is 0 Å². The number of nitro benzene ring substituents is 1. The molecule has 21 heavy (non-hydrogen) atoms. The lowest BCUT2D eigenvalue weighted by Gasteiger charge is -2.43. The van der Waals surface area contributed by atoms with E-state index in [4.69, 9.17) is 0 Å². The van der Waals surface area contributed by atoms with E-state index in [9.17, 15) is 10.1 Å². The maximum absolute atomic E-state index is 11.1. The Balaban J connectivity index is 1.90. The molecule has 2 aliphatic carbocycles. The van der Waals surface area contributed by atoms with Crippen LogP contribution in [0.3, 0.4) is 0 Å². The summed E-state index contributed by atoms with van der Waals surface area (Å²) in [6, 6.07) is 5.67. The monoisotopic (exact) mass is 352 g/mol. The van der Waals surface area contributed by atoms with Crippen molar-refractivity contribution in [2.75, 3.05) is 5.32 Å². The third-order valence-corrected chi connectivity index (χ3v) is 6.39. The van der Waals surface area contributed by atoms with Crippen molar-refractivity contribution in [2.45, 2.75) is 46.1 Å². The number of benzene rings is 1. The lowest BCUT2D eigenvalue weighted by atomic mass is 9.68. The minimum absolute atomic E-state index is 0.117. The fourth-order valence-corrected chi connectivity index (χ4v) is 4.96. The Kier molecular flexibility index (Phi) is 3.32. The average molecular weight is 353 g/mol. The zero-order valence-electron chi connectivity index (χ0n) is 12.6. The largest absolute Gasteiger partial charge is 0.381 e. The van der Waals surface area contributed by atoms with Crippen LogP contribution in [0.2, 0.25) is 0 Å². The van der Waals surface area contributed by atoms with Crippen molar-refractivity contribution in [3.05, 3.63) is 32.8 Å². The summed E-state index contributed by atoms with van der Waals surface area (Å²) in [5, 5.41) is 14.7. The molecule has 0 spiro atoms. The van der Waals surface area contributed by atoms with Gasteiger partial charge in [0.15, 0.2) is 0 Å². The van der Waals surface area contributed by atoms with Gasteiger partial charge in [0.1, 0.15) is 0 Å². The van der Waals surface area contributed by atoms with Gasteiger partial charge in [-0.2, -0.15) is 0 Å². The van der Waals surface area contributed by atoms with Gasteiger partial charge >= 0.3 is 0 Å². The predicted octanol–water partition coefficient (Wildman–Crippen LogP) is 4.98. The number of nitrogens with zero attached hydrogens (tertiary/aromatic N) is 1. The van der Waals surface area contributed by atoms with Gasteiger partial charge in [-0.1, -0.05) is 20.8 Å². The summed E-state index contributed by atoms with van der Waals surface area (Å²) in [5.41, 5.74) is 1.49. The number of nitrogens with one attached hydrogen (secondary N) is 1. The van der Waals surface area contributed by atoms with Gasteiger partial charge < -0.3 is 5.32 Å². The highest BCUT2D eigenvalue weighted by atomic mass is 79.9. The molecule has 2 fully saturated rings. The Bertz CT molecular complexity index is 597. The van der Waals surface area contributed by atoms with E-state index in [1.807, 2.05) is 6.07 Å². The highest BCUT2D eigenvalue weighted by molar-refractivity contribution is 9.10. The predicted molar refractivity (Wildman–Crippen MR) is 87.4 cm³/mol. The van der Waals surface area contributed by atoms with E-state index in [0.717, 1.165) is 11.6 Å². The van der Waals surface area contributed by atoms with Crippen molar-refractivity contribution in [1.82, 2.24) is 0 Å². The molecule has 0 radical (unpaired) electrons. The molecule has 0 aromatic heterocycles. The number of fused-ring (bicyclic) bond motifs is 2. The van der Waals surface area contributed by atoms with Crippen LogP contribution in [0.15, 0.2) is 22.7 Å². The van der Waals surface area contributed by atoms with E-state index in [1.54, 1.807) is 12.1 Å². The lowest BCUT2D eigenvalue weighted by Crippen LogP contribution is -2.45. The Labute approximate surface area is 133 Å². The zero-order valence-corrected chi connectivity index (χ0v) is 14.2. The van der Waals surface area contributed by atoms with E-state index in [1.165, 1.54) is 19.3 Å². The van der Waals surface area contributed by atoms with Crippen LogP contribution in [0.1, 0.15) is 40.0 Å². The van der Waals surface area contributed by atoms with Gasteiger partial charge in [-0.05, 0) is 64.1 Å². The van der Waals surface area contributed by atoms with Gasteiger partial charge in [-0.15, -0.1) is 0 Å². The summed E-state index contributed by atoms with van der Waals surface area (Å²) < 4.78 is 0.525. The van der Waals surface area contributed by atoms with Crippen LogP contribution in [0, 0.1) is 26.9 Å². The minimum atomic E-state index is -0.344. The normalized spacial score (nSPS) is 33.1. The highest BCUT2D eigenvalue weighted by Crippen LogP contribution is 2.63. The molecule has 5 heteroatoms. The van der Waals surface area contributed by atoms with Crippen molar-refractivity contribution in [3.8, 4) is 0 Å². The van der Waals surface area contributed by atoms with Gasteiger partial charge in [-0.3, -0.25) is 10.1 Å². The summed E-state index contributed by atoms with van der Waals surface area (Å²) in [4.78, 5) is 10.7. The first-order chi connectivity index (χ1) is 9.74. The van der Waals surface area contributed by atoms with Gasteiger partial charge in [0.05, 0.1) is 9.40 Å². The van der Waals surface area contributed by atoms with Crippen LogP contribution in [-0.4, -0.2) is 11.0 Å². The van der Waals surface area contributed by atoms with Crippen molar-refractivity contribution in [3.63, 3.8) is 0 Å². The van der Waals surface area contributed by atoms with Gasteiger partial charge in [-0.25, -0.2) is 0 Å². The average Bonchev–Trinajstić information content (AvgIpc) is 2.87. The van der Waals surface area contributed by atoms with Crippen molar-refractivity contribution < 1.29 is 4.92 Å². The van der Waals surface area contributed by atoms with Crippen molar-refractivity contribution in [2.24, 2.45) is 16.7 Å². The molecule has 1 aromatic carbocycles. The molecule has 1 unspecified atom stereocenters. The second kappa shape index (κ2) is 4.70. The number of nitro groups is 1. The molecule has 2 saturated carbocycles. The first-order valence-corrected chi connectivity index (χ1v) is 8.24. The molecule has 0 amide bonds. The van der Waals surface area contributed by atoms with Crippen LogP contribution in [0.4, 0.5) is 11.4 Å². The van der Waals surface area contributed by atoms with E-state index < -0.39 is 0 Å². The smallest absolute Gasteiger partial charge is 0.285 e. The van der Waals surface area contributed by atoms with Gasteiger partial charge in [0.2, 0.25) is 0 Å². The number of hydrogen-bond donors (Lipinski definition) is 1.